The van der Waals surface area contributed by atoms with Crippen LogP contribution in [0.25, 0.3) is 0 Å². The molecule has 0 bridgehead atoms. The van der Waals surface area contributed by atoms with Crippen molar-refractivity contribution in [2.24, 2.45) is 0 Å². The summed E-state index contributed by atoms with van der Waals surface area (Å²) in [6.07, 6.45) is 0. The van der Waals surface area contributed by atoms with E-state index in [9.17, 15) is 22.0 Å². The summed E-state index contributed by atoms with van der Waals surface area (Å²) < 4.78 is 53.4. The molecule has 3 rings (SSSR count). The molecule has 2 aromatic rings. The van der Waals surface area contributed by atoms with Gasteiger partial charge in [0.1, 0.15) is 0 Å². The van der Waals surface area contributed by atoms with Gasteiger partial charge in [0, 0.05) is 26.2 Å². The normalized spacial score (nSPS) is 16.2. The van der Waals surface area contributed by atoms with Crippen LogP contribution in [0.2, 0.25) is 0 Å². The SMILES string of the molecule is O=C(c1ccc(Br)s1)N1CCN(S(=O)(=O)c2ccc(F)c(F)c2)CC1. The molecule has 5 nitrogen and oxygen atoms in total. The van der Waals surface area contributed by atoms with Crippen LogP contribution in [0.5, 0.6) is 0 Å². The molecular formula is C15H13BrF2N2O3S2. The largest absolute Gasteiger partial charge is 0.335 e. The third-order valence-electron chi connectivity index (χ3n) is 3.84. The number of rotatable bonds is 3. The summed E-state index contributed by atoms with van der Waals surface area (Å²) in [7, 11) is -3.93. The van der Waals surface area contributed by atoms with E-state index in [1.165, 1.54) is 15.6 Å². The summed E-state index contributed by atoms with van der Waals surface area (Å²) >= 11 is 4.61. The number of benzene rings is 1. The Morgan fingerprint density at radius 3 is 2.28 bits per heavy atom. The van der Waals surface area contributed by atoms with E-state index < -0.39 is 21.7 Å². The molecule has 1 amide bonds. The summed E-state index contributed by atoms with van der Waals surface area (Å²) in [5, 5.41) is 0. The van der Waals surface area contributed by atoms with Gasteiger partial charge in [-0.05, 0) is 46.3 Å². The molecule has 0 unspecified atom stereocenters. The van der Waals surface area contributed by atoms with Crippen molar-refractivity contribution in [3.63, 3.8) is 0 Å². The molecular weight excluding hydrogens is 438 g/mol. The van der Waals surface area contributed by atoms with Gasteiger partial charge in [-0.15, -0.1) is 11.3 Å². The smallest absolute Gasteiger partial charge is 0.264 e. The predicted molar refractivity (Wildman–Crippen MR) is 93.0 cm³/mol. The van der Waals surface area contributed by atoms with E-state index in [0.717, 1.165) is 15.9 Å². The molecule has 2 heterocycles. The lowest BCUT2D eigenvalue weighted by Gasteiger charge is -2.33. The van der Waals surface area contributed by atoms with Gasteiger partial charge in [-0.2, -0.15) is 4.31 Å². The fourth-order valence-corrected chi connectivity index (χ4v) is 5.29. The van der Waals surface area contributed by atoms with Gasteiger partial charge in [0.25, 0.3) is 5.91 Å². The second-order valence-corrected chi connectivity index (χ2v) is 9.78. The number of amides is 1. The van der Waals surface area contributed by atoms with Gasteiger partial charge in [0.15, 0.2) is 11.6 Å². The van der Waals surface area contributed by atoms with Crippen molar-refractivity contribution in [2.45, 2.75) is 4.90 Å². The second kappa shape index (κ2) is 7.10. The van der Waals surface area contributed by atoms with Gasteiger partial charge in [-0.25, -0.2) is 17.2 Å². The number of carbonyl (C=O) groups excluding carboxylic acids is 1. The van der Waals surface area contributed by atoms with E-state index >= 15 is 0 Å². The molecule has 0 radical (unpaired) electrons. The first kappa shape index (κ1) is 18.4. The minimum atomic E-state index is -3.93. The third kappa shape index (κ3) is 3.76. The van der Waals surface area contributed by atoms with Crippen molar-refractivity contribution < 1.29 is 22.0 Å². The zero-order valence-electron chi connectivity index (χ0n) is 12.8. The van der Waals surface area contributed by atoms with Crippen LogP contribution in [0.15, 0.2) is 39.0 Å². The second-order valence-electron chi connectivity index (χ2n) is 5.38. The van der Waals surface area contributed by atoms with Gasteiger partial charge >= 0.3 is 0 Å². The van der Waals surface area contributed by atoms with E-state index in [1.807, 2.05) is 0 Å². The number of carbonyl (C=O) groups is 1. The molecule has 25 heavy (non-hydrogen) atoms. The van der Waals surface area contributed by atoms with Crippen LogP contribution >= 0.6 is 27.3 Å². The molecule has 10 heteroatoms. The van der Waals surface area contributed by atoms with Gasteiger partial charge in [-0.3, -0.25) is 4.79 Å². The lowest BCUT2D eigenvalue weighted by Crippen LogP contribution is -2.50. The monoisotopic (exact) mass is 450 g/mol. The fraction of sp³-hybridized carbons (Fsp3) is 0.267. The number of hydrogen-bond acceptors (Lipinski definition) is 4. The number of piperazine rings is 1. The molecule has 1 fully saturated rings. The van der Waals surface area contributed by atoms with Crippen molar-refractivity contribution in [3.8, 4) is 0 Å². The quantitative estimate of drug-likeness (QED) is 0.722. The van der Waals surface area contributed by atoms with Crippen molar-refractivity contribution in [1.29, 1.82) is 0 Å². The first-order valence-corrected chi connectivity index (χ1v) is 10.3. The Balaban J connectivity index is 1.71. The summed E-state index contributed by atoms with van der Waals surface area (Å²) in [5.74, 6) is -2.46. The number of sulfonamides is 1. The van der Waals surface area contributed by atoms with Crippen LogP contribution in [0.4, 0.5) is 8.78 Å². The Labute approximate surface area is 156 Å². The summed E-state index contributed by atoms with van der Waals surface area (Å²) in [6.45, 7) is 0.660. The van der Waals surface area contributed by atoms with Gasteiger partial charge in [0.05, 0.1) is 13.6 Å². The highest BCUT2D eigenvalue weighted by Crippen LogP contribution is 2.25. The fourth-order valence-electron chi connectivity index (χ4n) is 2.50. The summed E-state index contributed by atoms with van der Waals surface area (Å²) in [5.41, 5.74) is 0. The molecule has 0 N–H and O–H groups in total. The first-order valence-electron chi connectivity index (χ1n) is 7.29. The zero-order chi connectivity index (χ0) is 18.2. The van der Waals surface area contributed by atoms with E-state index in [1.54, 1.807) is 17.0 Å². The molecule has 0 aliphatic carbocycles. The van der Waals surface area contributed by atoms with Crippen LogP contribution in [0.1, 0.15) is 9.67 Å². The van der Waals surface area contributed by atoms with Crippen molar-refractivity contribution in [2.75, 3.05) is 26.2 Å². The van der Waals surface area contributed by atoms with E-state index in [2.05, 4.69) is 15.9 Å². The van der Waals surface area contributed by atoms with E-state index in [-0.39, 0.29) is 37.0 Å². The Kier molecular flexibility index (Phi) is 5.24. The summed E-state index contributed by atoms with van der Waals surface area (Å²) in [6, 6.07) is 5.99. The molecule has 134 valence electrons. The first-order chi connectivity index (χ1) is 11.8. The zero-order valence-corrected chi connectivity index (χ0v) is 16.0. The Hall–Kier alpha value is -1.36. The lowest BCUT2D eigenvalue weighted by atomic mass is 10.3. The van der Waals surface area contributed by atoms with E-state index in [0.29, 0.717) is 10.9 Å². The third-order valence-corrected chi connectivity index (χ3v) is 7.34. The molecule has 0 saturated carbocycles. The maximum absolute atomic E-state index is 13.3. The lowest BCUT2D eigenvalue weighted by molar-refractivity contribution is 0.0703. The maximum atomic E-state index is 13.3. The van der Waals surface area contributed by atoms with Gasteiger partial charge in [0.2, 0.25) is 10.0 Å². The van der Waals surface area contributed by atoms with Crippen LogP contribution in [0.3, 0.4) is 0 Å². The topological polar surface area (TPSA) is 57.7 Å². The van der Waals surface area contributed by atoms with Crippen LogP contribution < -0.4 is 0 Å². The highest BCUT2D eigenvalue weighted by molar-refractivity contribution is 9.11. The molecule has 1 aromatic carbocycles. The molecule has 0 spiro atoms. The van der Waals surface area contributed by atoms with Crippen LogP contribution in [-0.2, 0) is 10.0 Å². The Morgan fingerprint density at radius 2 is 1.72 bits per heavy atom. The molecule has 1 aliphatic rings. The number of nitrogens with zero attached hydrogens (tertiary/aromatic N) is 2. The van der Waals surface area contributed by atoms with Crippen LogP contribution in [-0.4, -0.2) is 49.7 Å². The summed E-state index contributed by atoms with van der Waals surface area (Å²) in [4.78, 5) is 14.2. The number of thiophene rings is 1. The van der Waals surface area contributed by atoms with Gasteiger partial charge in [-0.1, -0.05) is 0 Å². The molecule has 1 aromatic heterocycles. The van der Waals surface area contributed by atoms with Gasteiger partial charge < -0.3 is 4.90 Å². The predicted octanol–water partition coefficient (Wildman–Crippen LogP) is 2.94. The number of halogens is 3. The minimum Gasteiger partial charge on any atom is -0.335 e. The van der Waals surface area contributed by atoms with Crippen molar-refractivity contribution in [1.82, 2.24) is 9.21 Å². The maximum Gasteiger partial charge on any atom is 0.264 e. The highest BCUT2D eigenvalue weighted by Gasteiger charge is 2.31. The average molecular weight is 451 g/mol. The van der Waals surface area contributed by atoms with Crippen molar-refractivity contribution >= 4 is 43.2 Å². The highest BCUT2D eigenvalue weighted by atomic mass is 79.9. The molecule has 0 atom stereocenters. The van der Waals surface area contributed by atoms with Crippen molar-refractivity contribution in [3.05, 3.63) is 50.6 Å². The van der Waals surface area contributed by atoms with E-state index in [4.69, 9.17) is 0 Å². The van der Waals surface area contributed by atoms with Crippen LogP contribution in [0, 0.1) is 11.6 Å². The standard InChI is InChI=1S/C15H13BrF2N2O3S2/c16-14-4-3-13(24-14)15(21)19-5-7-20(8-6-19)25(22,23)10-1-2-11(17)12(18)9-10/h1-4,9H,5-8H2. The Morgan fingerprint density at radius 1 is 1.04 bits per heavy atom. The average Bonchev–Trinajstić information content (AvgIpc) is 3.03. The number of hydrogen-bond donors (Lipinski definition) is 0. The molecule has 1 aliphatic heterocycles. The minimum absolute atomic E-state index is 0.0968. The Bertz CT molecular complexity index is 909. The molecule has 1 saturated heterocycles.